The van der Waals surface area contributed by atoms with Crippen molar-refractivity contribution in [3.05, 3.63) is 28.0 Å². The topological polar surface area (TPSA) is 102 Å². The van der Waals surface area contributed by atoms with Crippen LogP contribution in [0.3, 0.4) is 0 Å². The molecule has 1 aromatic rings. The number of furan rings is 1. The minimum atomic E-state index is -2.93. The largest absolute Gasteiger partial charge is 0.433 e. The quantitative estimate of drug-likeness (QED) is 0.441. The minimum Gasteiger partial charge on any atom is -0.404 e. The monoisotopic (exact) mass is 262 g/mol. The van der Waals surface area contributed by atoms with Gasteiger partial charge in [0.15, 0.2) is 0 Å². The number of sulfone groups is 1. The second-order valence-electron chi connectivity index (χ2n) is 3.66. The first-order chi connectivity index (χ1) is 7.88. The normalized spacial score (nSPS) is 11.6. The number of nitrogens with one attached hydrogen (secondary N) is 1. The van der Waals surface area contributed by atoms with Crippen LogP contribution >= 0.6 is 0 Å². The van der Waals surface area contributed by atoms with Gasteiger partial charge in [-0.1, -0.05) is 0 Å². The lowest BCUT2D eigenvalue weighted by Gasteiger charge is -2.01. The zero-order chi connectivity index (χ0) is 12.9. The summed E-state index contributed by atoms with van der Waals surface area (Å²) in [6, 6.07) is 2.80. The number of hydrogen-bond donors (Lipinski definition) is 1. The summed E-state index contributed by atoms with van der Waals surface area (Å²) in [5.74, 6) is 0.284. The smallest absolute Gasteiger partial charge is 0.404 e. The summed E-state index contributed by atoms with van der Waals surface area (Å²) in [5.41, 5.74) is 0. The summed E-state index contributed by atoms with van der Waals surface area (Å²) in [4.78, 5) is 9.72. The number of nitro groups is 1. The lowest BCUT2D eigenvalue weighted by Crippen LogP contribution is -2.17. The highest BCUT2D eigenvalue weighted by molar-refractivity contribution is 7.90. The predicted octanol–water partition coefficient (Wildman–Crippen LogP) is 0.712. The molecule has 96 valence electrons. The van der Waals surface area contributed by atoms with Gasteiger partial charge < -0.3 is 9.73 Å². The third-order valence-corrected chi connectivity index (χ3v) is 3.03. The van der Waals surface area contributed by atoms with Crippen LogP contribution in [0.4, 0.5) is 5.88 Å². The van der Waals surface area contributed by atoms with Gasteiger partial charge >= 0.3 is 5.88 Å². The van der Waals surface area contributed by atoms with Gasteiger partial charge in [0.05, 0.1) is 18.4 Å². The summed E-state index contributed by atoms with van der Waals surface area (Å²) in [7, 11) is -2.93. The van der Waals surface area contributed by atoms with E-state index in [0.717, 1.165) is 0 Å². The van der Waals surface area contributed by atoms with E-state index in [1.165, 1.54) is 18.4 Å². The fraction of sp³-hybridized carbons (Fsp3) is 0.556. The molecule has 1 aromatic heterocycles. The fourth-order valence-electron chi connectivity index (χ4n) is 1.23. The molecule has 17 heavy (non-hydrogen) atoms. The van der Waals surface area contributed by atoms with E-state index >= 15 is 0 Å². The van der Waals surface area contributed by atoms with Crippen LogP contribution in [0.1, 0.15) is 12.2 Å². The molecule has 0 fully saturated rings. The highest BCUT2D eigenvalue weighted by Crippen LogP contribution is 2.14. The first-order valence-electron chi connectivity index (χ1n) is 5.00. The molecule has 0 bridgehead atoms. The van der Waals surface area contributed by atoms with Gasteiger partial charge in [-0.15, -0.1) is 0 Å². The van der Waals surface area contributed by atoms with Crippen molar-refractivity contribution in [2.75, 3.05) is 18.6 Å². The van der Waals surface area contributed by atoms with Crippen molar-refractivity contribution in [2.45, 2.75) is 13.0 Å². The predicted molar refractivity (Wildman–Crippen MR) is 61.4 cm³/mol. The summed E-state index contributed by atoms with van der Waals surface area (Å²) < 4.78 is 26.6. The van der Waals surface area contributed by atoms with Crippen molar-refractivity contribution in [1.29, 1.82) is 0 Å². The molecule has 0 aliphatic carbocycles. The van der Waals surface area contributed by atoms with Crippen LogP contribution in [0.2, 0.25) is 0 Å². The van der Waals surface area contributed by atoms with Crippen LogP contribution in [0.15, 0.2) is 16.5 Å². The molecule has 1 heterocycles. The van der Waals surface area contributed by atoms with E-state index in [9.17, 15) is 18.5 Å². The summed E-state index contributed by atoms with van der Waals surface area (Å²) >= 11 is 0. The Morgan fingerprint density at radius 3 is 2.71 bits per heavy atom. The Balaban J connectivity index is 2.24. The van der Waals surface area contributed by atoms with Crippen molar-refractivity contribution in [1.82, 2.24) is 5.32 Å². The van der Waals surface area contributed by atoms with Crippen molar-refractivity contribution in [3.8, 4) is 0 Å². The van der Waals surface area contributed by atoms with Gasteiger partial charge in [0.1, 0.15) is 20.5 Å². The van der Waals surface area contributed by atoms with Crippen molar-refractivity contribution in [2.24, 2.45) is 0 Å². The third kappa shape index (κ3) is 5.45. The molecule has 0 aliphatic rings. The lowest BCUT2D eigenvalue weighted by molar-refractivity contribution is -0.402. The van der Waals surface area contributed by atoms with E-state index in [1.54, 1.807) is 0 Å². The van der Waals surface area contributed by atoms with Crippen LogP contribution in [-0.2, 0) is 16.4 Å². The number of hydrogen-bond acceptors (Lipinski definition) is 6. The van der Waals surface area contributed by atoms with Crippen LogP contribution < -0.4 is 5.32 Å². The summed E-state index contributed by atoms with van der Waals surface area (Å²) in [6.07, 6.45) is 1.69. The molecule has 0 amide bonds. The maximum Gasteiger partial charge on any atom is 0.433 e. The van der Waals surface area contributed by atoms with Gasteiger partial charge in [0, 0.05) is 6.26 Å². The SMILES string of the molecule is CS(=O)(=O)CCCNCc1ccc([N+](=O)[O-])o1. The Kier molecular flexibility index (Phi) is 4.64. The van der Waals surface area contributed by atoms with Gasteiger partial charge in [0.25, 0.3) is 0 Å². The number of rotatable bonds is 7. The number of nitrogens with zero attached hydrogens (tertiary/aromatic N) is 1. The standard InChI is InChI=1S/C9H14N2O5S/c1-17(14,15)6-2-5-10-7-8-3-4-9(16-8)11(12)13/h3-4,10H,2,5-7H2,1H3. The Morgan fingerprint density at radius 2 is 2.18 bits per heavy atom. The maximum atomic E-state index is 10.8. The molecular weight excluding hydrogens is 248 g/mol. The Morgan fingerprint density at radius 1 is 1.47 bits per heavy atom. The second kappa shape index (κ2) is 5.78. The van der Waals surface area contributed by atoms with E-state index in [1.807, 2.05) is 0 Å². The molecule has 0 aromatic carbocycles. The van der Waals surface area contributed by atoms with Gasteiger partial charge in [-0.05, 0) is 19.0 Å². The van der Waals surface area contributed by atoms with Crippen LogP contribution in [0.25, 0.3) is 0 Å². The highest BCUT2D eigenvalue weighted by atomic mass is 32.2. The third-order valence-electron chi connectivity index (χ3n) is 2.00. The zero-order valence-electron chi connectivity index (χ0n) is 9.38. The van der Waals surface area contributed by atoms with E-state index in [4.69, 9.17) is 4.42 Å². The van der Waals surface area contributed by atoms with E-state index in [0.29, 0.717) is 25.3 Å². The van der Waals surface area contributed by atoms with Gasteiger partial charge in [-0.25, -0.2) is 8.42 Å². The first-order valence-corrected chi connectivity index (χ1v) is 7.06. The fourth-order valence-corrected chi connectivity index (χ4v) is 1.90. The van der Waals surface area contributed by atoms with Gasteiger partial charge in [-0.2, -0.15) is 0 Å². The van der Waals surface area contributed by atoms with E-state index < -0.39 is 14.8 Å². The molecule has 0 spiro atoms. The molecule has 0 atom stereocenters. The molecule has 7 nitrogen and oxygen atoms in total. The maximum absolute atomic E-state index is 10.8. The minimum absolute atomic E-state index is 0.123. The molecule has 0 unspecified atom stereocenters. The van der Waals surface area contributed by atoms with Gasteiger partial charge in [-0.3, -0.25) is 10.1 Å². The average molecular weight is 262 g/mol. The van der Waals surface area contributed by atoms with Crippen LogP contribution in [0.5, 0.6) is 0 Å². The van der Waals surface area contributed by atoms with Crippen molar-refractivity contribution >= 4 is 15.7 Å². The van der Waals surface area contributed by atoms with Crippen LogP contribution in [-0.4, -0.2) is 31.9 Å². The lowest BCUT2D eigenvalue weighted by atomic mass is 10.4. The highest BCUT2D eigenvalue weighted by Gasteiger charge is 2.11. The molecule has 0 aliphatic heterocycles. The Hall–Kier alpha value is -1.41. The summed E-state index contributed by atoms with van der Waals surface area (Å²) in [5, 5.41) is 13.3. The van der Waals surface area contributed by atoms with Crippen molar-refractivity contribution in [3.63, 3.8) is 0 Å². The molecule has 8 heteroatoms. The Labute approximate surface area is 98.9 Å². The molecule has 1 rings (SSSR count). The van der Waals surface area contributed by atoms with Gasteiger partial charge in [0.2, 0.25) is 0 Å². The molecular formula is C9H14N2O5S. The van der Waals surface area contributed by atoms with E-state index in [-0.39, 0.29) is 11.6 Å². The summed E-state index contributed by atoms with van der Waals surface area (Å²) in [6.45, 7) is 0.860. The Bertz CT molecular complexity index is 479. The zero-order valence-corrected chi connectivity index (χ0v) is 10.2. The molecule has 0 saturated carbocycles. The van der Waals surface area contributed by atoms with Crippen molar-refractivity contribution < 1.29 is 17.8 Å². The molecule has 1 N–H and O–H groups in total. The average Bonchev–Trinajstić information content (AvgIpc) is 2.64. The van der Waals surface area contributed by atoms with E-state index in [2.05, 4.69) is 5.32 Å². The first kappa shape index (κ1) is 13.7. The van der Waals surface area contributed by atoms with Crippen LogP contribution in [0, 0.1) is 10.1 Å². The molecule has 0 radical (unpaired) electrons. The second-order valence-corrected chi connectivity index (χ2v) is 5.92. The molecule has 0 saturated heterocycles.